The maximum atomic E-state index is 12.4. The molecule has 0 saturated carbocycles. The molecule has 2 rings (SSSR count). The van der Waals surface area contributed by atoms with Gasteiger partial charge in [0.2, 0.25) is 5.91 Å². The van der Waals surface area contributed by atoms with Gasteiger partial charge in [0, 0.05) is 13.1 Å². The lowest BCUT2D eigenvalue weighted by Crippen LogP contribution is -2.63. The number of hydrogen-bond acceptors (Lipinski definition) is 6. The molecule has 1 aromatic rings. The van der Waals surface area contributed by atoms with Crippen molar-refractivity contribution in [2.24, 2.45) is 5.84 Å². The molecule has 1 aliphatic rings. The van der Waals surface area contributed by atoms with Gasteiger partial charge in [0.15, 0.2) is 5.82 Å². The third-order valence-corrected chi connectivity index (χ3v) is 3.12. The summed E-state index contributed by atoms with van der Waals surface area (Å²) >= 11 is 0. The van der Waals surface area contributed by atoms with Gasteiger partial charge in [-0.3, -0.25) is 9.59 Å². The number of nitrogens with two attached hydrogens (primary N) is 1. The van der Waals surface area contributed by atoms with Crippen LogP contribution in [0.3, 0.4) is 0 Å². The van der Waals surface area contributed by atoms with Gasteiger partial charge in [-0.25, -0.2) is 15.8 Å². The first-order valence-corrected chi connectivity index (χ1v) is 5.85. The molecule has 0 radical (unpaired) electrons. The molecule has 0 spiro atoms. The number of carbonyl (C=O) groups is 2. The van der Waals surface area contributed by atoms with Crippen molar-refractivity contribution in [3.05, 3.63) is 18.1 Å². The Morgan fingerprint density at radius 3 is 2.79 bits per heavy atom. The Labute approximate surface area is 110 Å². The Kier molecular flexibility index (Phi) is 3.34. The Morgan fingerprint density at radius 1 is 1.47 bits per heavy atom. The summed E-state index contributed by atoms with van der Waals surface area (Å²) in [5.41, 5.74) is 1.61. The molecule has 2 amide bonds. The average molecular weight is 264 g/mol. The number of nitrogen functional groups attached to an aromatic ring is 1. The fraction of sp³-hybridized carbons (Fsp3) is 0.455. The van der Waals surface area contributed by atoms with E-state index in [1.807, 2.05) is 0 Å². The molecule has 8 heteroatoms. The summed E-state index contributed by atoms with van der Waals surface area (Å²) in [4.78, 5) is 33.6. The zero-order valence-corrected chi connectivity index (χ0v) is 10.8. The second-order valence-electron chi connectivity index (χ2n) is 4.70. The van der Waals surface area contributed by atoms with Crippen molar-refractivity contribution in [2.75, 3.05) is 18.5 Å². The summed E-state index contributed by atoms with van der Waals surface area (Å²) in [6, 6.07) is 0. The third-order valence-electron chi connectivity index (χ3n) is 3.12. The first-order chi connectivity index (χ1) is 8.96. The van der Waals surface area contributed by atoms with Crippen molar-refractivity contribution in [3.8, 4) is 0 Å². The van der Waals surface area contributed by atoms with Gasteiger partial charge >= 0.3 is 0 Å². The molecular formula is C11H16N6O2. The summed E-state index contributed by atoms with van der Waals surface area (Å²) in [6.07, 6.45) is 2.70. The van der Waals surface area contributed by atoms with E-state index >= 15 is 0 Å². The highest BCUT2D eigenvalue weighted by Crippen LogP contribution is 2.19. The minimum absolute atomic E-state index is 0.180. The van der Waals surface area contributed by atoms with Crippen LogP contribution in [0.25, 0.3) is 0 Å². The second-order valence-corrected chi connectivity index (χ2v) is 4.70. The van der Waals surface area contributed by atoms with Crippen LogP contribution < -0.4 is 16.6 Å². The van der Waals surface area contributed by atoms with Gasteiger partial charge in [0.05, 0.1) is 12.4 Å². The minimum atomic E-state index is -0.901. The fourth-order valence-corrected chi connectivity index (χ4v) is 1.91. The molecule has 4 N–H and O–H groups in total. The number of hydrazine groups is 1. The minimum Gasteiger partial charge on any atom is -0.352 e. The molecular weight excluding hydrogens is 248 g/mol. The first-order valence-electron chi connectivity index (χ1n) is 5.85. The Morgan fingerprint density at radius 2 is 2.21 bits per heavy atom. The van der Waals surface area contributed by atoms with E-state index in [1.165, 1.54) is 17.3 Å². The van der Waals surface area contributed by atoms with E-state index in [4.69, 9.17) is 5.84 Å². The molecule has 0 bridgehead atoms. The van der Waals surface area contributed by atoms with Crippen LogP contribution in [0.2, 0.25) is 0 Å². The van der Waals surface area contributed by atoms with Gasteiger partial charge in [0.25, 0.3) is 5.91 Å². The van der Waals surface area contributed by atoms with Crippen molar-refractivity contribution in [3.63, 3.8) is 0 Å². The first kappa shape index (κ1) is 13.2. The summed E-state index contributed by atoms with van der Waals surface area (Å²) in [5.74, 6) is 5.04. The van der Waals surface area contributed by atoms with Gasteiger partial charge in [0.1, 0.15) is 11.2 Å². The lowest BCUT2D eigenvalue weighted by Gasteiger charge is -2.40. The number of anilines is 1. The number of nitrogens with zero attached hydrogens (tertiary/aromatic N) is 3. The smallest absolute Gasteiger partial charge is 0.274 e. The molecule has 19 heavy (non-hydrogen) atoms. The fourth-order valence-electron chi connectivity index (χ4n) is 1.91. The van der Waals surface area contributed by atoms with Crippen LogP contribution in [0, 0.1) is 0 Å². The van der Waals surface area contributed by atoms with Gasteiger partial charge in [-0.2, -0.15) is 0 Å². The van der Waals surface area contributed by atoms with Crippen molar-refractivity contribution in [2.45, 2.75) is 19.4 Å². The highest BCUT2D eigenvalue weighted by Gasteiger charge is 2.41. The van der Waals surface area contributed by atoms with E-state index in [0.717, 1.165) is 0 Å². The van der Waals surface area contributed by atoms with Gasteiger partial charge in [-0.1, -0.05) is 0 Å². The highest BCUT2D eigenvalue weighted by molar-refractivity contribution is 5.98. The average Bonchev–Trinajstić information content (AvgIpc) is 2.41. The van der Waals surface area contributed by atoms with Gasteiger partial charge < -0.3 is 15.6 Å². The molecule has 1 aromatic heterocycles. The van der Waals surface area contributed by atoms with Crippen molar-refractivity contribution in [1.29, 1.82) is 0 Å². The van der Waals surface area contributed by atoms with Crippen LogP contribution >= 0.6 is 0 Å². The van der Waals surface area contributed by atoms with Gasteiger partial charge in [-0.05, 0) is 13.8 Å². The highest BCUT2D eigenvalue weighted by atomic mass is 16.2. The van der Waals surface area contributed by atoms with Crippen LogP contribution in [-0.2, 0) is 4.79 Å². The molecule has 8 nitrogen and oxygen atoms in total. The Bertz CT molecular complexity index is 498. The maximum absolute atomic E-state index is 12.4. The van der Waals surface area contributed by atoms with E-state index in [1.54, 1.807) is 13.8 Å². The van der Waals surface area contributed by atoms with Crippen molar-refractivity contribution < 1.29 is 9.59 Å². The quantitative estimate of drug-likeness (QED) is 0.472. The summed E-state index contributed by atoms with van der Waals surface area (Å²) < 4.78 is 0. The van der Waals surface area contributed by atoms with Crippen LogP contribution in [0.5, 0.6) is 0 Å². The number of aromatic nitrogens is 2. The lowest BCUT2D eigenvalue weighted by molar-refractivity contribution is -0.133. The lowest BCUT2D eigenvalue weighted by atomic mass is 9.98. The predicted octanol–water partition coefficient (Wildman–Crippen LogP) is -0.887. The van der Waals surface area contributed by atoms with Crippen LogP contribution in [0.15, 0.2) is 12.4 Å². The van der Waals surface area contributed by atoms with E-state index in [0.29, 0.717) is 18.9 Å². The molecule has 1 aliphatic heterocycles. The van der Waals surface area contributed by atoms with Crippen molar-refractivity contribution in [1.82, 2.24) is 20.2 Å². The third kappa shape index (κ3) is 2.34. The number of rotatable bonds is 2. The Balaban J connectivity index is 2.24. The molecule has 0 atom stereocenters. The van der Waals surface area contributed by atoms with E-state index in [2.05, 4.69) is 20.7 Å². The number of carbonyl (C=O) groups excluding carboxylic acids is 2. The monoisotopic (exact) mass is 264 g/mol. The molecule has 2 heterocycles. The molecule has 0 aliphatic carbocycles. The summed E-state index contributed by atoms with van der Waals surface area (Å²) in [7, 11) is 0. The predicted molar refractivity (Wildman–Crippen MR) is 68.0 cm³/mol. The summed E-state index contributed by atoms with van der Waals surface area (Å²) in [6.45, 7) is 4.27. The Hall–Kier alpha value is -2.22. The topological polar surface area (TPSA) is 113 Å². The van der Waals surface area contributed by atoms with Crippen molar-refractivity contribution >= 4 is 17.6 Å². The number of piperazine rings is 1. The van der Waals surface area contributed by atoms with E-state index < -0.39 is 5.54 Å². The number of amides is 2. The molecule has 102 valence electrons. The standard InChI is InChI=1S/C11H16N6O2/c1-11(2)10(19)13-3-4-17(11)9(18)7-5-15-8(16-12)6-14-7/h5-6H,3-4,12H2,1-2H3,(H,13,19)(H,15,16). The zero-order valence-electron chi connectivity index (χ0n) is 10.8. The largest absolute Gasteiger partial charge is 0.352 e. The van der Waals surface area contributed by atoms with E-state index in [-0.39, 0.29) is 17.5 Å². The van der Waals surface area contributed by atoms with E-state index in [9.17, 15) is 9.59 Å². The normalized spacial score (nSPS) is 17.8. The molecule has 0 unspecified atom stereocenters. The molecule has 0 aromatic carbocycles. The van der Waals surface area contributed by atoms with Crippen LogP contribution in [0.1, 0.15) is 24.3 Å². The molecule has 1 saturated heterocycles. The SMILES string of the molecule is CC1(C)C(=O)NCCN1C(=O)c1cnc(NN)cn1. The van der Waals surface area contributed by atoms with Crippen LogP contribution in [-0.4, -0.2) is 45.3 Å². The summed E-state index contributed by atoms with van der Waals surface area (Å²) in [5, 5.41) is 2.73. The molecule has 1 fully saturated rings. The number of hydrogen-bond donors (Lipinski definition) is 3. The van der Waals surface area contributed by atoms with Gasteiger partial charge in [-0.15, -0.1) is 0 Å². The maximum Gasteiger partial charge on any atom is 0.274 e. The number of nitrogens with one attached hydrogen (secondary N) is 2. The van der Waals surface area contributed by atoms with Crippen LogP contribution in [0.4, 0.5) is 5.82 Å². The second kappa shape index (κ2) is 4.81. The zero-order chi connectivity index (χ0) is 14.0.